The van der Waals surface area contributed by atoms with Crippen molar-refractivity contribution in [1.29, 1.82) is 0 Å². The first kappa shape index (κ1) is 24.3. The second-order valence-electron chi connectivity index (χ2n) is 8.88. The predicted molar refractivity (Wildman–Crippen MR) is 123 cm³/mol. The Morgan fingerprint density at radius 3 is 2.09 bits per heavy atom. The molecule has 8 heteroatoms. The number of rotatable bonds is 9. The molecule has 4 N–H and O–H groups in total. The van der Waals surface area contributed by atoms with Crippen LogP contribution >= 0.6 is 0 Å². The van der Waals surface area contributed by atoms with Gasteiger partial charge in [-0.1, -0.05) is 62.4 Å². The number of hydrogen-bond donors (Lipinski definition) is 4. The van der Waals surface area contributed by atoms with Crippen LogP contribution < -0.4 is 10.6 Å². The molecule has 1 aliphatic carbocycles. The van der Waals surface area contributed by atoms with Gasteiger partial charge in [-0.25, -0.2) is 9.59 Å². The Hall–Kier alpha value is -3.39. The van der Waals surface area contributed by atoms with Crippen LogP contribution in [0.3, 0.4) is 0 Å². The number of carbonyl (C=O) groups is 3. The number of aliphatic carboxylic acids is 1. The monoisotopic (exact) mass is 454 g/mol. The van der Waals surface area contributed by atoms with E-state index >= 15 is 0 Å². The van der Waals surface area contributed by atoms with Crippen molar-refractivity contribution in [2.45, 2.75) is 44.8 Å². The van der Waals surface area contributed by atoms with Crippen molar-refractivity contribution in [1.82, 2.24) is 10.6 Å². The van der Waals surface area contributed by atoms with Crippen LogP contribution in [0.25, 0.3) is 11.1 Å². The Labute approximate surface area is 193 Å². The first-order chi connectivity index (χ1) is 15.6. The van der Waals surface area contributed by atoms with Crippen molar-refractivity contribution in [3.05, 3.63) is 59.7 Å². The number of carbonyl (C=O) groups excluding carboxylic acids is 2. The van der Waals surface area contributed by atoms with Gasteiger partial charge < -0.3 is 25.6 Å². The molecule has 2 amide bonds. The summed E-state index contributed by atoms with van der Waals surface area (Å²) in [5.74, 6) is -2.05. The van der Waals surface area contributed by atoms with Crippen molar-refractivity contribution in [3.63, 3.8) is 0 Å². The number of amides is 2. The highest BCUT2D eigenvalue weighted by molar-refractivity contribution is 5.81. The normalized spacial score (nSPS) is 15.2. The number of hydrogen-bond acceptors (Lipinski definition) is 5. The van der Waals surface area contributed by atoms with E-state index in [9.17, 15) is 19.5 Å². The smallest absolute Gasteiger partial charge is 0.407 e. The molecular formula is C25H30N2O6. The molecule has 0 aromatic heterocycles. The highest BCUT2D eigenvalue weighted by Crippen LogP contribution is 2.44. The lowest BCUT2D eigenvalue weighted by molar-refractivity contribution is -0.156. The average Bonchev–Trinajstić information content (AvgIpc) is 3.09. The zero-order chi connectivity index (χ0) is 24.2. The van der Waals surface area contributed by atoms with Crippen molar-refractivity contribution >= 4 is 18.0 Å². The Kier molecular flexibility index (Phi) is 7.38. The molecule has 3 rings (SSSR count). The molecule has 0 aliphatic heterocycles. The van der Waals surface area contributed by atoms with Crippen LogP contribution in [0.15, 0.2) is 48.5 Å². The third-order valence-corrected chi connectivity index (χ3v) is 5.95. The molecule has 2 atom stereocenters. The lowest BCUT2D eigenvalue weighted by Gasteiger charge is -2.24. The minimum absolute atomic E-state index is 0.0674. The van der Waals surface area contributed by atoms with Gasteiger partial charge in [-0.3, -0.25) is 4.79 Å². The number of aliphatic hydroxyl groups is 1. The summed E-state index contributed by atoms with van der Waals surface area (Å²) < 4.78 is 5.55. The van der Waals surface area contributed by atoms with E-state index in [0.717, 1.165) is 29.2 Å². The van der Waals surface area contributed by atoms with Gasteiger partial charge in [0.2, 0.25) is 5.91 Å². The second kappa shape index (κ2) is 10.0. The van der Waals surface area contributed by atoms with Crippen LogP contribution in [-0.4, -0.2) is 53.0 Å². The molecule has 2 aromatic rings. The first-order valence-electron chi connectivity index (χ1n) is 10.9. The van der Waals surface area contributed by atoms with E-state index in [4.69, 9.17) is 9.84 Å². The number of carboxylic acids is 1. The van der Waals surface area contributed by atoms with E-state index in [1.807, 2.05) is 50.2 Å². The van der Waals surface area contributed by atoms with Crippen molar-refractivity contribution in [2.24, 2.45) is 5.92 Å². The predicted octanol–water partition coefficient (Wildman–Crippen LogP) is 2.89. The van der Waals surface area contributed by atoms with Crippen molar-refractivity contribution in [3.8, 4) is 11.1 Å². The highest BCUT2D eigenvalue weighted by atomic mass is 16.5. The van der Waals surface area contributed by atoms with E-state index in [2.05, 4.69) is 22.8 Å². The maximum Gasteiger partial charge on any atom is 0.407 e. The fourth-order valence-electron chi connectivity index (χ4n) is 3.86. The van der Waals surface area contributed by atoms with Crippen molar-refractivity contribution < 1.29 is 29.3 Å². The molecule has 1 unspecified atom stereocenters. The molecule has 2 aromatic carbocycles. The standard InChI is InChI=1S/C25H30N2O6/c1-15(2)21(12-22(28)26-14-25(3,32)23(29)30)27-24(31)33-13-20-18-10-6-4-8-16(18)17-9-5-7-11-19(17)20/h4-11,15,20-21,32H,12-14H2,1-3H3,(H,26,28)(H,27,31)(H,29,30)/t21-,25?/m1/s1. The van der Waals surface area contributed by atoms with Crippen LogP contribution in [0.2, 0.25) is 0 Å². The van der Waals surface area contributed by atoms with Crippen LogP contribution in [0.4, 0.5) is 4.79 Å². The summed E-state index contributed by atoms with van der Waals surface area (Å²) in [6, 6.07) is 15.6. The average molecular weight is 455 g/mol. The van der Waals surface area contributed by atoms with Crippen LogP contribution in [0.5, 0.6) is 0 Å². The van der Waals surface area contributed by atoms with E-state index in [1.165, 1.54) is 0 Å². The quantitative estimate of drug-likeness (QED) is 0.462. The summed E-state index contributed by atoms with van der Waals surface area (Å²) in [4.78, 5) is 35.8. The molecule has 176 valence electrons. The molecule has 1 aliphatic rings. The number of carboxylic acid groups (broad SMARTS) is 1. The van der Waals surface area contributed by atoms with Gasteiger partial charge >= 0.3 is 12.1 Å². The van der Waals surface area contributed by atoms with E-state index in [-0.39, 0.29) is 24.9 Å². The Balaban J connectivity index is 1.58. The zero-order valence-electron chi connectivity index (χ0n) is 19.0. The molecule has 0 saturated heterocycles. The molecule has 33 heavy (non-hydrogen) atoms. The van der Waals surface area contributed by atoms with E-state index < -0.39 is 36.2 Å². The lowest BCUT2D eigenvalue weighted by Crippen LogP contribution is -2.48. The summed E-state index contributed by atoms with van der Waals surface area (Å²) in [6.45, 7) is 4.55. The molecule has 0 fully saturated rings. The fourth-order valence-corrected chi connectivity index (χ4v) is 3.86. The van der Waals surface area contributed by atoms with Gasteiger partial charge in [-0.2, -0.15) is 0 Å². The van der Waals surface area contributed by atoms with Gasteiger partial charge in [0.25, 0.3) is 0 Å². The Morgan fingerprint density at radius 1 is 1.03 bits per heavy atom. The molecule has 0 spiro atoms. The Morgan fingerprint density at radius 2 is 1.58 bits per heavy atom. The van der Waals surface area contributed by atoms with E-state index in [1.54, 1.807) is 0 Å². The summed E-state index contributed by atoms with van der Waals surface area (Å²) in [6.07, 6.45) is -0.696. The second-order valence-corrected chi connectivity index (χ2v) is 8.88. The lowest BCUT2D eigenvalue weighted by atomic mass is 9.98. The van der Waals surface area contributed by atoms with Gasteiger partial charge in [-0.15, -0.1) is 0 Å². The summed E-state index contributed by atoms with van der Waals surface area (Å²) in [5, 5.41) is 23.8. The van der Waals surface area contributed by atoms with Gasteiger partial charge in [0, 0.05) is 18.4 Å². The maximum atomic E-state index is 12.5. The van der Waals surface area contributed by atoms with Gasteiger partial charge in [0.05, 0.1) is 6.54 Å². The number of nitrogens with one attached hydrogen (secondary N) is 2. The first-order valence-corrected chi connectivity index (χ1v) is 10.9. The summed E-state index contributed by atoms with van der Waals surface area (Å²) >= 11 is 0. The largest absolute Gasteiger partial charge is 0.479 e. The van der Waals surface area contributed by atoms with Crippen LogP contribution in [-0.2, 0) is 14.3 Å². The maximum absolute atomic E-state index is 12.5. The van der Waals surface area contributed by atoms with Gasteiger partial charge in [0.15, 0.2) is 5.60 Å². The molecular weight excluding hydrogens is 424 g/mol. The molecule has 0 saturated carbocycles. The van der Waals surface area contributed by atoms with E-state index in [0.29, 0.717) is 0 Å². The summed E-state index contributed by atoms with van der Waals surface area (Å²) in [7, 11) is 0. The summed E-state index contributed by atoms with van der Waals surface area (Å²) in [5.41, 5.74) is 2.42. The Bertz CT molecular complexity index is 988. The molecule has 0 bridgehead atoms. The molecule has 8 nitrogen and oxygen atoms in total. The topological polar surface area (TPSA) is 125 Å². The number of benzene rings is 2. The highest BCUT2D eigenvalue weighted by Gasteiger charge is 2.32. The molecule has 0 radical (unpaired) electrons. The zero-order valence-corrected chi connectivity index (χ0v) is 19.0. The van der Waals surface area contributed by atoms with Gasteiger partial charge in [0.1, 0.15) is 6.61 Å². The third-order valence-electron chi connectivity index (χ3n) is 5.95. The number of ether oxygens (including phenoxy) is 1. The minimum Gasteiger partial charge on any atom is -0.479 e. The molecule has 0 heterocycles. The number of fused-ring (bicyclic) bond motifs is 3. The third kappa shape index (κ3) is 5.70. The van der Waals surface area contributed by atoms with Crippen LogP contribution in [0, 0.1) is 5.92 Å². The van der Waals surface area contributed by atoms with Gasteiger partial charge in [-0.05, 0) is 35.1 Å². The fraction of sp³-hybridized carbons (Fsp3) is 0.400. The SMILES string of the molecule is CC(C)[C@@H](CC(=O)NCC(C)(O)C(=O)O)NC(=O)OCC1c2ccccc2-c2ccccc21. The van der Waals surface area contributed by atoms with Crippen molar-refractivity contribution in [2.75, 3.05) is 13.2 Å². The minimum atomic E-state index is -2.07. The number of alkyl carbamates (subject to hydrolysis) is 1. The van der Waals surface area contributed by atoms with Crippen LogP contribution in [0.1, 0.15) is 44.2 Å².